The van der Waals surface area contributed by atoms with E-state index in [9.17, 15) is 0 Å². The molecule has 0 saturated carbocycles. The Balaban J connectivity index is 2.11. The second-order valence-electron chi connectivity index (χ2n) is 3.85. The van der Waals surface area contributed by atoms with Crippen LogP contribution in [0, 0.1) is 0 Å². The molecule has 0 aromatic heterocycles. The fourth-order valence-corrected chi connectivity index (χ4v) is 1.72. The first-order valence-electron chi connectivity index (χ1n) is 5.93. The Morgan fingerprint density at radius 1 is 1.12 bits per heavy atom. The largest absolute Gasteiger partial charge is 0.494 e. The van der Waals surface area contributed by atoms with Gasteiger partial charge in [-0.25, -0.2) is 0 Å². The summed E-state index contributed by atoms with van der Waals surface area (Å²) < 4.78 is 5.58. The van der Waals surface area contributed by atoms with Gasteiger partial charge in [0.05, 0.1) is 23.2 Å². The maximum Gasteiger partial charge on any atom is 0.125 e. The molecule has 3 nitrogen and oxygen atoms in total. The summed E-state index contributed by atoms with van der Waals surface area (Å²) in [5.74, 6) is 0.779. The van der Waals surface area contributed by atoms with Gasteiger partial charge in [-0.3, -0.25) is 0 Å². The molecule has 5 heteroatoms. The Morgan fingerprint density at radius 2 is 1.94 bits per heavy atom. The molecule has 0 amide bonds. The van der Waals surface area contributed by atoms with Crippen molar-refractivity contribution in [3.05, 3.63) is 28.2 Å². The summed E-state index contributed by atoms with van der Waals surface area (Å²) in [5.41, 5.74) is 3.80. The van der Waals surface area contributed by atoms with E-state index < -0.39 is 0 Å². The predicted octanol–water partition coefficient (Wildman–Crippen LogP) is 0.958. The fourth-order valence-electron chi connectivity index (χ4n) is 1.44. The molecule has 0 aliphatic heterocycles. The maximum absolute atomic E-state index is 5.89. The van der Waals surface area contributed by atoms with E-state index in [2.05, 4.69) is 11.1 Å². The lowest BCUT2D eigenvalue weighted by atomic mass is 10.3. The number of benzene rings is 1. The summed E-state index contributed by atoms with van der Waals surface area (Å²) in [5, 5.41) is 3.38. The second kappa shape index (κ2) is 8.59. The molecule has 0 aliphatic carbocycles. The van der Waals surface area contributed by atoms with E-state index in [0.29, 0.717) is 10.0 Å². The summed E-state index contributed by atoms with van der Waals surface area (Å²) in [7, 11) is 0. The number of quaternary nitrogens is 2. The van der Waals surface area contributed by atoms with Crippen molar-refractivity contribution in [2.75, 3.05) is 26.2 Å². The van der Waals surface area contributed by atoms with E-state index >= 15 is 0 Å². The molecule has 1 rings (SSSR count). The minimum absolute atomic E-state index is 0.535. The van der Waals surface area contributed by atoms with Crippen LogP contribution in [0.15, 0.2) is 18.2 Å². The molecular weight excluding hydrogens is 259 g/mol. The third-order valence-electron chi connectivity index (χ3n) is 2.37. The van der Waals surface area contributed by atoms with Gasteiger partial charge in [0, 0.05) is 6.07 Å². The van der Waals surface area contributed by atoms with Crippen molar-refractivity contribution < 1.29 is 15.8 Å². The van der Waals surface area contributed by atoms with E-state index in [1.807, 2.05) is 6.07 Å². The van der Waals surface area contributed by atoms with Crippen molar-refractivity contribution >= 4 is 23.2 Å². The standard InChI is InChI=1S/C12H18Cl2N2O/c13-11-4-3-10(9-12(11)14)17-8-2-1-6-16-7-5-15/h3-4,9,16H,1-2,5-8,15H2/p+2. The average molecular weight is 279 g/mol. The summed E-state index contributed by atoms with van der Waals surface area (Å²) >= 11 is 11.7. The van der Waals surface area contributed by atoms with Gasteiger partial charge in [-0.1, -0.05) is 23.2 Å². The van der Waals surface area contributed by atoms with Crippen LogP contribution in [-0.4, -0.2) is 26.2 Å². The van der Waals surface area contributed by atoms with Crippen molar-refractivity contribution in [3.8, 4) is 5.75 Å². The molecular formula is C12H20Cl2N2O+2. The summed E-state index contributed by atoms with van der Waals surface area (Å²) in [4.78, 5) is 0. The molecule has 0 aliphatic rings. The Hall–Kier alpha value is -0.480. The normalized spacial score (nSPS) is 10.5. The van der Waals surface area contributed by atoms with E-state index in [4.69, 9.17) is 27.9 Å². The monoisotopic (exact) mass is 278 g/mol. The molecule has 0 heterocycles. The molecule has 1 aromatic carbocycles. The highest BCUT2D eigenvalue weighted by Gasteiger charge is 2.00. The first-order valence-corrected chi connectivity index (χ1v) is 6.68. The molecule has 5 N–H and O–H groups in total. The topological polar surface area (TPSA) is 53.5 Å². The van der Waals surface area contributed by atoms with Crippen LogP contribution in [0.3, 0.4) is 0 Å². The third kappa shape index (κ3) is 6.13. The number of hydrogen-bond acceptors (Lipinski definition) is 1. The SMILES string of the molecule is [NH3+]CC[NH2+]CCCCOc1ccc(Cl)c(Cl)c1. The minimum atomic E-state index is 0.535. The molecule has 0 saturated heterocycles. The molecule has 0 atom stereocenters. The fraction of sp³-hybridized carbons (Fsp3) is 0.500. The van der Waals surface area contributed by atoms with Crippen LogP contribution in [0.4, 0.5) is 0 Å². The number of unbranched alkanes of at least 4 members (excludes halogenated alkanes) is 1. The maximum atomic E-state index is 5.89. The zero-order chi connectivity index (χ0) is 12.5. The van der Waals surface area contributed by atoms with Gasteiger partial charge in [0.2, 0.25) is 0 Å². The van der Waals surface area contributed by atoms with Crippen LogP contribution >= 0.6 is 23.2 Å². The molecule has 17 heavy (non-hydrogen) atoms. The van der Waals surface area contributed by atoms with Crippen LogP contribution in [0.25, 0.3) is 0 Å². The Labute approximate surface area is 112 Å². The predicted molar refractivity (Wildman–Crippen MR) is 70.6 cm³/mol. The molecule has 0 bridgehead atoms. The zero-order valence-electron chi connectivity index (χ0n) is 9.92. The van der Waals surface area contributed by atoms with Crippen LogP contribution in [-0.2, 0) is 0 Å². The highest BCUT2D eigenvalue weighted by atomic mass is 35.5. The molecule has 0 fully saturated rings. The zero-order valence-corrected chi connectivity index (χ0v) is 11.4. The second-order valence-corrected chi connectivity index (χ2v) is 4.67. The number of halogens is 2. The van der Waals surface area contributed by atoms with E-state index in [0.717, 1.165) is 44.8 Å². The lowest BCUT2D eigenvalue weighted by Crippen LogP contribution is -2.88. The highest BCUT2D eigenvalue weighted by molar-refractivity contribution is 6.42. The highest BCUT2D eigenvalue weighted by Crippen LogP contribution is 2.26. The van der Waals surface area contributed by atoms with Crippen molar-refractivity contribution in [1.82, 2.24) is 0 Å². The van der Waals surface area contributed by atoms with E-state index in [-0.39, 0.29) is 0 Å². The average Bonchev–Trinajstić information content (AvgIpc) is 2.32. The lowest BCUT2D eigenvalue weighted by molar-refractivity contribution is -0.670. The lowest BCUT2D eigenvalue weighted by Gasteiger charge is -2.06. The van der Waals surface area contributed by atoms with Crippen molar-refractivity contribution in [2.24, 2.45) is 0 Å². The molecule has 1 aromatic rings. The summed E-state index contributed by atoms with van der Waals surface area (Å²) in [6, 6.07) is 5.34. The van der Waals surface area contributed by atoms with Crippen molar-refractivity contribution in [3.63, 3.8) is 0 Å². The summed E-state index contributed by atoms with van der Waals surface area (Å²) in [6.45, 7) is 3.95. The van der Waals surface area contributed by atoms with Crippen LogP contribution in [0.1, 0.15) is 12.8 Å². The quantitative estimate of drug-likeness (QED) is 0.684. The Morgan fingerprint density at radius 3 is 2.65 bits per heavy atom. The van der Waals surface area contributed by atoms with Gasteiger partial charge >= 0.3 is 0 Å². The Kier molecular flexibility index (Phi) is 7.37. The van der Waals surface area contributed by atoms with Crippen LogP contribution in [0.5, 0.6) is 5.75 Å². The minimum Gasteiger partial charge on any atom is -0.494 e. The molecule has 0 unspecified atom stereocenters. The van der Waals surface area contributed by atoms with E-state index in [1.54, 1.807) is 12.1 Å². The summed E-state index contributed by atoms with van der Waals surface area (Å²) in [6.07, 6.45) is 2.20. The van der Waals surface area contributed by atoms with Gasteiger partial charge in [-0.15, -0.1) is 0 Å². The van der Waals surface area contributed by atoms with Crippen molar-refractivity contribution in [2.45, 2.75) is 12.8 Å². The van der Waals surface area contributed by atoms with Crippen molar-refractivity contribution in [1.29, 1.82) is 0 Å². The van der Waals surface area contributed by atoms with Gasteiger partial charge in [0.25, 0.3) is 0 Å². The van der Waals surface area contributed by atoms with Crippen LogP contribution < -0.4 is 15.8 Å². The molecule has 96 valence electrons. The third-order valence-corrected chi connectivity index (χ3v) is 3.11. The number of ether oxygens (including phenoxy) is 1. The molecule has 0 spiro atoms. The number of nitrogens with two attached hydrogens (primary N) is 1. The first-order chi connectivity index (χ1) is 8.24. The van der Waals surface area contributed by atoms with Gasteiger partial charge in [0.1, 0.15) is 18.8 Å². The smallest absolute Gasteiger partial charge is 0.125 e. The van der Waals surface area contributed by atoms with E-state index in [1.165, 1.54) is 0 Å². The van der Waals surface area contributed by atoms with Gasteiger partial charge < -0.3 is 15.8 Å². The van der Waals surface area contributed by atoms with Gasteiger partial charge in [0.15, 0.2) is 0 Å². The number of hydrogen-bond donors (Lipinski definition) is 2. The Bertz CT molecular complexity index is 334. The van der Waals surface area contributed by atoms with Gasteiger partial charge in [-0.2, -0.15) is 0 Å². The number of rotatable bonds is 8. The first kappa shape index (κ1) is 14.6. The van der Waals surface area contributed by atoms with Crippen LogP contribution in [0.2, 0.25) is 10.0 Å². The molecule has 0 radical (unpaired) electrons. The van der Waals surface area contributed by atoms with Gasteiger partial charge in [-0.05, 0) is 25.0 Å².